The lowest BCUT2D eigenvalue weighted by molar-refractivity contribution is -0.121. The fourth-order valence-corrected chi connectivity index (χ4v) is 2.63. The van der Waals surface area contributed by atoms with Crippen LogP contribution in [0.3, 0.4) is 0 Å². The van der Waals surface area contributed by atoms with Gasteiger partial charge in [-0.05, 0) is 49.7 Å². The molecule has 0 radical (unpaired) electrons. The summed E-state index contributed by atoms with van der Waals surface area (Å²) in [4.78, 5) is 16.2. The number of rotatable bonds is 8. The number of hydrogen-bond acceptors (Lipinski definition) is 4. The van der Waals surface area contributed by atoms with E-state index in [2.05, 4.69) is 10.3 Å². The Kier molecular flexibility index (Phi) is 5.84. The Morgan fingerprint density at radius 3 is 2.77 bits per heavy atom. The van der Waals surface area contributed by atoms with Crippen molar-refractivity contribution >= 4 is 5.91 Å². The molecule has 0 fully saturated rings. The minimum atomic E-state index is -0.300. The number of carbonyl (C=O) groups is 1. The molecule has 1 unspecified atom stereocenters. The van der Waals surface area contributed by atoms with E-state index in [1.54, 1.807) is 24.6 Å². The smallest absolute Gasteiger partial charge is 0.220 e. The predicted molar refractivity (Wildman–Crippen MR) is 94.9 cm³/mol. The van der Waals surface area contributed by atoms with E-state index in [4.69, 9.17) is 8.83 Å². The van der Waals surface area contributed by atoms with E-state index < -0.39 is 0 Å². The number of hydrogen-bond donors (Lipinski definition) is 1. The molecule has 0 bridgehead atoms. The minimum Gasteiger partial charge on any atom is -0.469 e. The van der Waals surface area contributed by atoms with Gasteiger partial charge >= 0.3 is 0 Å². The van der Waals surface area contributed by atoms with Crippen molar-refractivity contribution in [1.29, 1.82) is 0 Å². The lowest BCUT2D eigenvalue weighted by Crippen LogP contribution is -2.33. The molecule has 1 amide bonds. The fraction of sp³-hybridized carbons (Fsp3) is 0.300. The van der Waals surface area contributed by atoms with Gasteiger partial charge in [0, 0.05) is 30.9 Å². The van der Waals surface area contributed by atoms with Crippen LogP contribution in [0.5, 0.6) is 0 Å². The van der Waals surface area contributed by atoms with Crippen molar-refractivity contribution in [3.63, 3.8) is 0 Å². The summed E-state index contributed by atoms with van der Waals surface area (Å²) in [5.41, 5.74) is 0.751. The van der Waals surface area contributed by atoms with Gasteiger partial charge in [0.05, 0.1) is 12.5 Å². The third kappa shape index (κ3) is 5.05. The quantitative estimate of drug-likeness (QED) is 0.658. The van der Waals surface area contributed by atoms with Crippen LogP contribution in [0.2, 0.25) is 0 Å². The van der Waals surface area contributed by atoms with Gasteiger partial charge < -0.3 is 14.2 Å². The first kappa shape index (κ1) is 17.9. The van der Waals surface area contributed by atoms with Crippen molar-refractivity contribution in [1.82, 2.24) is 10.3 Å². The zero-order chi connectivity index (χ0) is 18.4. The summed E-state index contributed by atoms with van der Waals surface area (Å²) in [7, 11) is 0. The van der Waals surface area contributed by atoms with Crippen molar-refractivity contribution in [2.24, 2.45) is 0 Å². The van der Waals surface area contributed by atoms with Crippen LogP contribution in [0.1, 0.15) is 31.4 Å². The van der Waals surface area contributed by atoms with Crippen LogP contribution in [-0.4, -0.2) is 16.9 Å². The number of halogens is 1. The molecule has 3 aromatic rings. The molecule has 3 rings (SSSR count). The fourth-order valence-electron chi connectivity index (χ4n) is 2.63. The van der Waals surface area contributed by atoms with Crippen LogP contribution in [-0.2, 0) is 17.6 Å². The molecule has 0 saturated heterocycles. The van der Waals surface area contributed by atoms with Crippen molar-refractivity contribution in [3.8, 4) is 11.3 Å². The average Bonchev–Trinajstić information content (AvgIpc) is 3.31. The molecule has 5 nitrogen and oxygen atoms in total. The Morgan fingerprint density at radius 2 is 2.04 bits per heavy atom. The second-order valence-corrected chi connectivity index (χ2v) is 6.21. The number of carbonyl (C=O) groups excluding carboxylic acids is 1. The number of oxazole rings is 1. The molecule has 0 aliphatic carbocycles. The molecular weight excluding hydrogens is 335 g/mol. The first-order valence-electron chi connectivity index (χ1n) is 8.62. The van der Waals surface area contributed by atoms with Crippen LogP contribution in [0.15, 0.2) is 57.7 Å². The molecule has 6 heteroatoms. The molecule has 0 aliphatic heterocycles. The van der Waals surface area contributed by atoms with Gasteiger partial charge in [-0.15, -0.1) is 0 Å². The minimum absolute atomic E-state index is 0.0431. The highest BCUT2D eigenvalue weighted by molar-refractivity contribution is 5.76. The Bertz CT molecular complexity index is 825. The average molecular weight is 356 g/mol. The van der Waals surface area contributed by atoms with Crippen LogP contribution in [0.4, 0.5) is 4.39 Å². The molecule has 2 aromatic heterocycles. The number of nitrogens with zero attached hydrogens (tertiary/aromatic N) is 1. The zero-order valence-electron chi connectivity index (χ0n) is 14.6. The number of aromatic nitrogens is 1. The highest BCUT2D eigenvalue weighted by Crippen LogP contribution is 2.21. The summed E-state index contributed by atoms with van der Waals surface area (Å²) < 4.78 is 23.9. The maximum atomic E-state index is 13.0. The number of furan rings is 1. The predicted octanol–water partition coefficient (Wildman–Crippen LogP) is 4.14. The van der Waals surface area contributed by atoms with Crippen LogP contribution in [0, 0.1) is 5.82 Å². The SMILES string of the molecule is CC(CCc1ccco1)NC(=O)CCc1ncc(-c2ccc(F)cc2)o1. The van der Waals surface area contributed by atoms with E-state index in [0.717, 1.165) is 24.2 Å². The summed E-state index contributed by atoms with van der Waals surface area (Å²) in [6, 6.07) is 9.85. The third-order valence-corrected chi connectivity index (χ3v) is 4.06. The molecule has 1 N–H and O–H groups in total. The van der Waals surface area contributed by atoms with Gasteiger partial charge in [-0.1, -0.05) is 0 Å². The molecule has 1 atom stereocenters. The van der Waals surface area contributed by atoms with Crippen molar-refractivity contribution < 1.29 is 18.0 Å². The Labute approximate surface area is 151 Å². The summed E-state index contributed by atoms with van der Waals surface area (Å²) in [6.07, 6.45) is 5.55. The lowest BCUT2D eigenvalue weighted by Gasteiger charge is -2.12. The second-order valence-electron chi connectivity index (χ2n) is 6.21. The first-order chi connectivity index (χ1) is 12.6. The van der Waals surface area contributed by atoms with Gasteiger partial charge in [0.2, 0.25) is 5.91 Å². The first-order valence-corrected chi connectivity index (χ1v) is 8.62. The van der Waals surface area contributed by atoms with Crippen molar-refractivity contribution in [2.45, 2.75) is 38.6 Å². The molecule has 2 heterocycles. The molecule has 0 spiro atoms. The van der Waals surface area contributed by atoms with Crippen LogP contribution in [0.25, 0.3) is 11.3 Å². The summed E-state index contributed by atoms with van der Waals surface area (Å²) in [5, 5.41) is 2.97. The molecule has 1 aromatic carbocycles. The standard InChI is InChI=1S/C20H21FN2O3/c1-14(4-9-17-3-2-12-25-17)23-19(24)10-11-20-22-13-18(26-20)15-5-7-16(21)8-6-15/h2-3,5-8,12-14H,4,9-11H2,1H3,(H,23,24). The van der Waals surface area contributed by atoms with Crippen molar-refractivity contribution in [3.05, 3.63) is 66.3 Å². The second kappa shape index (κ2) is 8.47. The van der Waals surface area contributed by atoms with Gasteiger partial charge in [0.15, 0.2) is 11.7 Å². The Balaban J connectivity index is 1.43. The third-order valence-electron chi connectivity index (χ3n) is 4.06. The van der Waals surface area contributed by atoms with Gasteiger partial charge in [-0.2, -0.15) is 0 Å². The summed E-state index contributed by atoms with van der Waals surface area (Å²) in [5.74, 6) is 1.62. The zero-order valence-corrected chi connectivity index (χ0v) is 14.6. The topological polar surface area (TPSA) is 68.3 Å². The summed E-state index contributed by atoms with van der Waals surface area (Å²) in [6.45, 7) is 1.97. The highest BCUT2D eigenvalue weighted by atomic mass is 19.1. The molecule has 0 saturated carbocycles. The van der Waals surface area contributed by atoms with Crippen LogP contribution >= 0.6 is 0 Å². The van der Waals surface area contributed by atoms with E-state index in [9.17, 15) is 9.18 Å². The normalized spacial score (nSPS) is 12.1. The lowest BCUT2D eigenvalue weighted by atomic mass is 10.1. The van der Waals surface area contributed by atoms with Gasteiger partial charge in [-0.25, -0.2) is 9.37 Å². The van der Waals surface area contributed by atoms with E-state index in [-0.39, 0.29) is 17.8 Å². The Hall–Kier alpha value is -2.89. The van der Waals surface area contributed by atoms with Gasteiger partial charge in [0.25, 0.3) is 0 Å². The van der Waals surface area contributed by atoms with E-state index in [0.29, 0.717) is 24.5 Å². The molecule has 26 heavy (non-hydrogen) atoms. The number of amides is 1. The van der Waals surface area contributed by atoms with Crippen molar-refractivity contribution in [2.75, 3.05) is 0 Å². The van der Waals surface area contributed by atoms with Crippen LogP contribution < -0.4 is 5.32 Å². The van der Waals surface area contributed by atoms with Gasteiger partial charge in [0.1, 0.15) is 11.6 Å². The Morgan fingerprint density at radius 1 is 1.23 bits per heavy atom. The summed E-state index contributed by atoms with van der Waals surface area (Å²) >= 11 is 0. The van der Waals surface area contributed by atoms with Gasteiger partial charge in [-0.3, -0.25) is 4.79 Å². The van der Waals surface area contributed by atoms with E-state index >= 15 is 0 Å². The maximum absolute atomic E-state index is 13.0. The van der Waals surface area contributed by atoms with E-state index in [1.165, 1.54) is 12.1 Å². The number of aryl methyl sites for hydroxylation is 2. The maximum Gasteiger partial charge on any atom is 0.220 e. The monoisotopic (exact) mass is 356 g/mol. The van der Waals surface area contributed by atoms with E-state index in [1.807, 2.05) is 19.1 Å². The molecule has 0 aliphatic rings. The highest BCUT2D eigenvalue weighted by Gasteiger charge is 2.11. The number of nitrogens with one attached hydrogen (secondary N) is 1. The largest absolute Gasteiger partial charge is 0.469 e. The molecular formula is C20H21FN2O3. The number of benzene rings is 1. The molecule has 136 valence electrons.